The normalized spacial score (nSPS) is 16.1. The quantitative estimate of drug-likeness (QED) is 0.759. The highest BCUT2D eigenvalue weighted by atomic mass is 16.2. The van der Waals surface area contributed by atoms with Gasteiger partial charge in [0.15, 0.2) is 0 Å². The van der Waals surface area contributed by atoms with Gasteiger partial charge in [-0.25, -0.2) is 0 Å². The lowest BCUT2D eigenvalue weighted by Gasteiger charge is -2.00. The van der Waals surface area contributed by atoms with Crippen molar-refractivity contribution in [2.24, 2.45) is 0 Å². The Hall–Kier alpha value is -2.16. The van der Waals surface area contributed by atoms with Crippen molar-refractivity contribution in [3.8, 4) is 0 Å². The largest absolute Gasteiger partial charge is 0.289 e. The van der Waals surface area contributed by atoms with E-state index in [0.29, 0.717) is 5.57 Å². The molecule has 0 unspecified atom stereocenters. The molecule has 0 saturated carbocycles. The Bertz CT molecular complexity index is 498. The van der Waals surface area contributed by atoms with Crippen molar-refractivity contribution in [1.29, 1.82) is 0 Å². The van der Waals surface area contributed by atoms with Gasteiger partial charge in [-0.2, -0.15) is 0 Å². The van der Waals surface area contributed by atoms with Gasteiger partial charge in [-0.05, 0) is 18.1 Å². The summed E-state index contributed by atoms with van der Waals surface area (Å²) in [5, 5.41) is 2.22. The second-order valence-electron chi connectivity index (χ2n) is 3.61. The van der Waals surface area contributed by atoms with E-state index in [4.69, 9.17) is 0 Å². The first-order valence-corrected chi connectivity index (χ1v) is 4.97. The molecular weight excluding hydrogens is 202 g/mol. The van der Waals surface area contributed by atoms with Crippen LogP contribution in [0.2, 0.25) is 0 Å². The predicted octanol–water partition coefficient (Wildman–Crippen LogP) is 1.67. The Morgan fingerprint density at radius 2 is 1.88 bits per heavy atom. The van der Waals surface area contributed by atoms with E-state index in [1.165, 1.54) is 6.08 Å². The van der Waals surface area contributed by atoms with Gasteiger partial charge in [-0.1, -0.05) is 36.4 Å². The van der Waals surface area contributed by atoms with Crippen LogP contribution >= 0.6 is 0 Å². The first kappa shape index (κ1) is 10.4. The second-order valence-corrected chi connectivity index (χ2v) is 3.61. The highest BCUT2D eigenvalue weighted by molar-refractivity contribution is 6.18. The second kappa shape index (κ2) is 4.14. The molecule has 0 bridgehead atoms. The third-order valence-electron chi connectivity index (χ3n) is 2.36. The third kappa shape index (κ3) is 2.08. The van der Waals surface area contributed by atoms with E-state index >= 15 is 0 Å². The van der Waals surface area contributed by atoms with Gasteiger partial charge in [0, 0.05) is 11.6 Å². The summed E-state index contributed by atoms with van der Waals surface area (Å²) in [5.74, 6) is -0.671. The monoisotopic (exact) mass is 213 g/mol. The molecule has 1 N–H and O–H groups in total. The van der Waals surface area contributed by atoms with Crippen LogP contribution in [0, 0.1) is 0 Å². The Morgan fingerprint density at radius 3 is 2.44 bits per heavy atom. The van der Waals surface area contributed by atoms with Crippen molar-refractivity contribution in [1.82, 2.24) is 5.32 Å². The fourth-order valence-corrected chi connectivity index (χ4v) is 1.58. The molecule has 0 aliphatic carbocycles. The summed E-state index contributed by atoms with van der Waals surface area (Å²) < 4.78 is 0. The number of rotatable bonds is 2. The molecule has 0 radical (unpaired) electrons. The number of hydrogen-bond donors (Lipinski definition) is 1. The zero-order valence-electron chi connectivity index (χ0n) is 8.86. The molecule has 1 aliphatic rings. The lowest BCUT2D eigenvalue weighted by Crippen LogP contribution is -2.22. The smallest absolute Gasteiger partial charge is 0.258 e. The molecule has 0 spiro atoms. The molecule has 80 valence electrons. The Kier molecular flexibility index (Phi) is 2.68. The molecule has 1 aliphatic heterocycles. The average Bonchev–Trinajstić information content (AvgIpc) is 2.59. The maximum absolute atomic E-state index is 11.4. The summed E-state index contributed by atoms with van der Waals surface area (Å²) in [6, 6.07) is 9.66. The number of nitrogens with one attached hydrogen (secondary N) is 1. The first-order chi connectivity index (χ1) is 7.66. The molecule has 2 rings (SSSR count). The molecule has 0 fully saturated rings. The van der Waals surface area contributed by atoms with E-state index in [9.17, 15) is 9.59 Å². The SMILES string of the molecule is CC(=Cc1ccccc1)C1=CC(=O)NC1=O. The maximum atomic E-state index is 11.4. The summed E-state index contributed by atoms with van der Waals surface area (Å²) in [6.45, 7) is 1.82. The summed E-state index contributed by atoms with van der Waals surface area (Å²) in [4.78, 5) is 22.4. The van der Waals surface area contributed by atoms with Crippen LogP contribution in [0.5, 0.6) is 0 Å². The van der Waals surface area contributed by atoms with E-state index in [2.05, 4.69) is 5.32 Å². The lowest BCUT2D eigenvalue weighted by molar-refractivity contribution is -0.123. The van der Waals surface area contributed by atoms with Crippen molar-refractivity contribution in [3.63, 3.8) is 0 Å². The van der Waals surface area contributed by atoms with Gasteiger partial charge < -0.3 is 0 Å². The number of benzene rings is 1. The predicted molar refractivity (Wildman–Crippen MR) is 61.3 cm³/mol. The van der Waals surface area contributed by atoms with Crippen molar-refractivity contribution in [3.05, 3.63) is 53.1 Å². The van der Waals surface area contributed by atoms with Crippen molar-refractivity contribution >= 4 is 17.9 Å². The Labute approximate surface area is 93.5 Å². The number of imide groups is 1. The standard InChI is InChI=1S/C13H11NO2/c1-9(7-10-5-3-2-4-6-10)11-8-12(15)14-13(11)16/h2-8H,1H3,(H,14,15,16). The topological polar surface area (TPSA) is 46.2 Å². The van der Waals surface area contributed by atoms with E-state index in [0.717, 1.165) is 11.1 Å². The van der Waals surface area contributed by atoms with Crippen LogP contribution in [0.4, 0.5) is 0 Å². The van der Waals surface area contributed by atoms with Gasteiger partial charge in [0.25, 0.3) is 11.8 Å². The molecule has 1 aromatic carbocycles. The van der Waals surface area contributed by atoms with Gasteiger partial charge in [0.05, 0.1) is 0 Å². The molecule has 2 amide bonds. The summed E-state index contributed by atoms with van der Waals surface area (Å²) >= 11 is 0. The lowest BCUT2D eigenvalue weighted by atomic mass is 10.1. The van der Waals surface area contributed by atoms with Crippen molar-refractivity contribution in [2.45, 2.75) is 6.92 Å². The molecule has 1 heterocycles. The number of hydrogen-bond acceptors (Lipinski definition) is 2. The van der Waals surface area contributed by atoms with Gasteiger partial charge in [0.2, 0.25) is 0 Å². The summed E-state index contributed by atoms with van der Waals surface area (Å²) in [5.41, 5.74) is 2.23. The third-order valence-corrected chi connectivity index (χ3v) is 2.36. The van der Waals surface area contributed by atoms with Crippen LogP contribution < -0.4 is 5.32 Å². The fraction of sp³-hybridized carbons (Fsp3) is 0.0769. The Morgan fingerprint density at radius 1 is 1.19 bits per heavy atom. The highest BCUT2D eigenvalue weighted by Gasteiger charge is 2.21. The number of carbonyl (C=O) groups excluding carboxylic acids is 2. The minimum Gasteiger partial charge on any atom is -0.289 e. The summed E-state index contributed by atoms with van der Waals surface area (Å²) in [7, 11) is 0. The molecule has 0 atom stereocenters. The summed E-state index contributed by atoms with van der Waals surface area (Å²) in [6.07, 6.45) is 3.21. The minimum absolute atomic E-state index is 0.324. The number of carbonyl (C=O) groups is 2. The zero-order valence-corrected chi connectivity index (χ0v) is 8.86. The van der Waals surface area contributed by atoms with E-state index in [1.54, 1.807) is 0 Å². The van der Waals surface area contributed by atoms with Crippen LogP contribution in [-0.4, -0.2) is 11.8 Å². The van der Waals surface area contributed by atoms with Crippen LogP contribution in [0.3, 0.4) is 0 Å². The average molecular weight is 213 g/mol. The van der Waals surface area contributed by atoms with E-state index in [-0.39, 0.29) is 11.8 Å². The molecule has 1 aromatic rings. The Balaban J connectivity index is 2.29. The minimum atomic E-state index is -0.346. The highest BCUT2D eigenvalue weighted by Crippen LogP contribution is 2.16. The van der Waals surface area contributed by atoms with Crippen LogP contribution in [0.25, 0.3) is 6.08 Å². The van der Waals surface area contributed by atoms with E-state index < -0.39 is 0 Å². The zero-order chi connectivity index (χ0) is 11.5. The molecule has 0 saturated heterocycles. The van der Waals surface area contributed by atoms with Gasteiger partial charge >= 0.3 is 0 Å². The maximum Gasteiger partial charge on any atom is 0.258 e. The molecule has 0 aromatic heterocycles. The van der Waals surface area contributed by atoms with Crippen molar-refractivity contribution < 1.29 is 9.59 Å². The van der Waals surface area contributed by atoms with Crippen LogP contribution in [0.15, 0.2) is 47.6 Å². The van der Waals surface area contributed by atoms with Crippen LogP contribution in [0.1, 0.15) is 12.5 Å². The molecular formula is C13H11NO2. The van der Waals surface area contributed by atoms with Gasteiger partial charge in [-0.15, -0.1) is 0 Å². The van der Waals surface area contributed by atoms with Gasteiger partial charge in [0.1, 0.15) is 0 Å². The molecule has 3 nitrogen and oxygen atoms in total. The number of amides is 2. The first-order valence-electron chi connectivity index (χ1n) is 4.97. The molecule has 16 heavy (non-hydrogen) atoms. The molecule has 3 heteroatoms. The van der Waals surface area contributed by atoms with Crippen LogP contribution in [-0.2, 0) is 9.59 Å². The fourth-order valence-electron chi connectivity index (χ4n) is 1.58. The van der Waals surface area contributed by atoms with E-state index in [1.807, 2.05) is 43.3 Å². The van der Waals surface area contributed by atoms with Gasteiger partial charge in [-0.3, -0.25) is 14.9 Å². The van der Waals surface area contributed by atoms with Crippen molar-refractivity contribution in [2.75, 3.05) is 0 Å².